The molecule has 1 atom stereocenters. The number of nitrogens with zero attached hydrogens (tertiary/aromatic N) is 2. The Kier molecular flexibility index (Phi) is 6.80. The van der Waals surface area contributed by atoms with Crippen molar-refractivity contribution in [3.63, 3.8) is 0 Å². The van der Waals surface area contributed by atoms with E-state index in [1.54, 1.807) is 18.8 Å². The van der Waals surface area contributed by atoms with Gasteiger partial charge in [-0.05, 0) is 40.3 Å². The van der Waals surface area contributed by atoms with E-state index < -0.39 is 0 Å². The second kappa shape index (κ2) is 8.12. The molecular formula is C13H21N3O2S. The second-order valence-electron chi connectivity index (χ2n) is 4.16. The highest BCUT2D eigenvalue weighted by atomic mass is 32.2. The first-order chi connectivity index (χ1) is 9.06. The van der Waals surface area contributed by atoms with Gasteiger partial charge < -0.3 is 10.1 Å². The third kappa shape index (κ3) is 5.57. The van der Waals surface area contributed by atoms with Crippen molar-refractivity contribution in [2.45, 2.75) is 38.4 Å². The summed E-state index contributed by atoms with van der Waals surface area (Å²) in [5.41, 5.74) is 1.93. The molecule has 0 radical (unpaired) electrons. The Hall–Kier alpha value is -1.14. The highest BCUT2D eigenvalue weighted by Crippen LogP contribution is 2.16. The lowest BCUT2D eigenvalue weighted by atomic mass is 10.2. The van der Waals surface area contributed by atoms with Crippen LogP contribution in [0.2, 0.25) is 0 Å². The first-order valence-electron chi connectivity index (χ1n) is 6.35. The zero-order chi connectivity index (χ0) is 14.3. The molecule has 1 aromatic rings. The van der Waals surface area contributed by atoms with Gasteiger partial charge in [-0.1, -0.05) is 11.8 Å². The van der Waals surface area contributed by atoms with Crippen LogP contribution in [-0.4, -0.2) is 41.4 Å². The number of carbonyl (C=O) groups excluding carboxylic acids is 1. The highest BCUT2D eigenvalue weighted by Gasteiger charge is 2.17. The minimum absolute atomic E-state index is 0.202. The summed E-state index contributed by atoms with van der Waals surface area (Å²) in [5.74, 6) is 0.569. The monoisotopic (exact) mass is 283 g/mol. The van der Waals surface area contributed by atoms with Gasteiger partial charge in [0.15, 0.2) is 5.16 Å². The van der Waals surface area contributed by atoms with Crippen molar-refractivity contribution < 1.29 is 9.53 Å². The summed E-state index contributed by atoms with van der Waals surface area (Å²) in [6, 6.07) is 1.68. The SMILES string of the molecule is CCOC(=O)C(CCSc1nc(C)cc(C)n1)NC. The Morgan fingerprint density at radius 3 is 2.58 bits per heavy atom. The number of thioether (sulfide) groups is 1. The van der Waals surface area contributed by atoms with Crippen LogP contribution >= 0.6 is 11.8 Å². The van der Waals surface area contributed by atoms with Gasteiger partial charge in [0.05, 0.1) is 6.61 Å². The normalized spacial score (nSPS) is 12.2. The van der Waals surface area contributed by atoms with Crippen LogP contribution in [0.4, 0.5) is 0 Å². The fraction of sp³-hybridized carbons (Fsp3) is 0.615. The first kappa shape index (κ1) is 15.9. The average Bonchev–Trinajstić information content (AvgIpc) is 2.33. The number of aryl methyl sites for hydroxylation is 2. The molecular weight excluding hydrogens is 262 g/mol. The molecule has 106 valence electrons. The van der Waals surface area contributed by atoms with Gasteiger partial charge in [-0.2, -0.15) is 0 Å². The Morgan fingerprint density at radius 1 is 1.42 bits per heavy atom. The summed E-state index contributed by atoms with van der Waals surface area (Å²) in [6.07, 6.45) is 0.691. The van der Waals surface area contributed by atoms with E-state index in [2.05, 4.69) is 15.3 Å². The largest absolute Gasteiger partial charge is 0.465 e. The standard InChI is InChI=1S/C13H21N3O2S/c1-5-18-12(17)11(14-4)6-7-19-13-15-9(2)8-10(3)16-13/h8,11,14H,5-7H2,1-4H3. The molecule has 1 unspecified atom stereocenters. The molecule has 0 saturated heterocycles. The molecule has 5 nitrogen and oxygen atoms in total. The van der Waals surface area contributed by atoms with E-state index in [0.717, 1.165) is 22.3 Å². The molecule has 0 spiro atoms. The summed E-state index contributed by atoms with van der Waals surface area (Å²) < 4.78 is 4.99. The summed E-state index contributed by atoms with van der Waals surface area (Å²) in [4.78, 5) is 20.3. The van der Waals surface area contributed by atoms with E-state index in [1.807, 2.05) is 26.8 Å². The number of likely N-dealkylation sites (N-methyl/N-ethyl adjacent to an activating group) is 1. The van der Waals surface area contributed by atoms with Crippen LogP contribution in [0.5, 0.6) is 0 Å². The average molecular weight is 283 g/mol. The zero-order valence-corrected chi connectivity index (χ0v) is 12.7. The third-order valence-corrected chi connectivity index (χ3v) is 3.40. The van der Waals surface area contributed by atoms with E-state index in [4.69, 9.17) is 4.74 Å². The molecule has 1 rings (SSSR count). The van der Waals surface area contributed by atoms with Crippen molar-refractivity contribution in [3.05, 3.63) is 17.5 Å². The number of carbonyl (C=O) groups is 1. The van der Waals surface area contributed by atoms with Crippen LogP contribution in [0.25, 0.3) is 0 Å². The van der Waals surface area contributed by atoms with Crippen molar-refractivity contribution in [1.82, 2.24) is 15.3 Å². The van der Waals surface area contributed by atoms with Gasteiger partial charge in [0.1, 0.15) is 6.04 Å². The summed E-state index contributed by atoms with van der Waals surface area (Å²) in [6.45, 7) is 6.12. The smallest absolute Gasteiger partial charge is 0.323 e. The number of esters is 1. The maximum absolute atomic E-state index is 11.6. The van der Waals surface area contributed by atoms with Crippen molar-refractivity contribution in [1.29, 1.82) is 0 Å². The van der Waals surface area contributed by atoms with Crippen LogP contribution in [0.15, 0.2) is 11.2 Å². The molecule has 1 heterocycles. The van der Waals surface area contributed by atoms with Crippen LogP contribution in [0, 0.1) is 13.8 Å². The molecule has 0 saturated carbocycles. The van der Waals surface area contributed by atoms with Gasteiger partial charge >= 0.3 is 5.97 Å². The molecule has 1 N–H and O–H groups in total. The highest BCUT2D eigenvalue weighted by molar-refractivity contribution is 7.99. The fourth-order valence-electron chi connectivity index (χ4n) is 1.65. The minimum Gasteiger partial charge on any atom is -0.465 e. The van der Waals surface area contributed by atoms with Gasteiger partial charge in [0.25, 0.3) is 0 Å². The van der Waals surface area contributed by atoms with Gasteiger partial charge in [-0.25, -0.2) is 9.97 Å². The minimum atomic E-state index is -0.265. The van der Waals surface area contributed by atoms with Crippen LogP contribution in [0.3, 0.4) is 0 Å². The molecule has 0 bridgehead atoms. The van der Waals surface area contributed by atoms with E-state index in [9.17, 15) is 4.79 Å². The van der Waals surface area contributed by atoms with Crippen LogP contribution in [0.1, 0.15) is 24.7 Å². The number of nitrogens with one attached hydrogen (secondary N) is 1. The predicted molar refractivity (Wildman–Crippen MR) is 76.3 cm³/mol. The van der Waals surface area contributed by atoms with Crippen molar-refractivity contribution in [2.24, 2.45) is 0 Å². The summed E-state index contributed by atoms with van der Waals surface area (Å²) in [5, 5.41) is 3.73. The van der Waals surface area contributed by atoms with E-state index in [1.165, 1.54) is 0 Å². The van der Waals surface area contributed by atoms with Crippen LogP contribution < -0.4 is 5.32 Å². The quantitative estimate of drug-likeness (QED) is 0.467. The number of aromatic nitrogens is 2. The topological polar surface area (TPSA) is 64.1 Å². The van der Waals surface area contributed by atoms with Gasteiger partial charge in [-0.3, -0.25) is 4.79 Å². The fourth-order valence-corrected chi connectivity index (χ4v) is 2.60. The van der Waals surface area contributed by atoms with Crippen molar-refractivity contribution in [3.8, 4) is 0 Å². The van der Waals surface area contributed by atoms with Crippen molar-refractivity contribution >= 4 is 17.7 Å². The summed E-state index contributed by atoms with van der Waals surface area (Å²) in [7, 11) is 1.76. The number of hydrogen-bond donors (Lipinski definition) is 1. The van der Waals surface area contributed by atoms with Gasteiger partial charge in [0.2, 0.25) is 0 Å². The maximum atomic E-state index is 11.6. The lowest BCUT2D eigenvalue weighted by Gasteiger charge is -2.13. The van der Waals surface area contributed by atoms with Crippen molar-refractivity contribution in [2.75, 3.05) is 19.4 Å². The van der Waals surface area contributed by atoms with E-state index in [0.29, 0.717) is 13.0 Å². The number of rotatable bonds is 7. The molecule has 0 amide bonds. The number of ether oxygens (including phenoxy) is 1. The third-order valence-electron chi connectivity index (χ3n) is 2.52. The molecule has 0 aromatic carbocycles. The molecule has 6 heteroatoms. The predicted octanol–water partition coefficient (Wildman–Crippen LogP) is 1.73. The number of hydrogen-bond acceptors (Lipinski definition) is 6. The Morgan fingerprint density at radius 2 is 2.05 bits per heavy atom. The van der Waals surface area contributed by atoms with Crippen LogP contribution in [-0.2, 0) is 9.53 Å². The first-order valence-corrected chi connectivity index (χ1v) is 7.34. The molecule has 0 aliphatic rings. The second-order valence-corrected chi connectivity index (χ2v) is 5.23. The lowest BCUT2D eigenvalue weighted by Crippen LogP contribution is -2.36. The Balaban J connectivity index is 2.45. The Labute approximate surface area is 118 Å². The summed E-state index contributed by atoms with van der Waals surface area (Å²) >= 11 is 1.56. The molecule has 0 fully saturated rings. The Bertz CT molecular complexity index is 406. The molecule has 19 heavy (non-hydrogen) atoms. The van der Waals surface area contributed by atoms with Gasteiger partial charge in [-0.15, -0.1) is 0 Å². The van der Waals surface area contributed by atoms with E-state index in [-0.39, 0.29) is 12.0 Å². The zero-order valence-electron chi connectivity index (χ0n) is 11.9. The van der Waals surface area contributed by atoms with E-state index >= 15 is 0 Å². The van der Waals surface area contributed by atoms with Gasteiger partial charge in [0, 0.05) is 17.1 Å². The lowest BCUT2D eigenvalue weighted by molar-refractivity contribution is -0.145. The molecule has 1 aromatic heterocycles. The maximum Gasteiger partial charge on any atom is 0.323 e. The molecule has 0 aliphatic carbocycles. The molecule has 0 aliphatic heterocycles.